The number of carbonyl (C=O) groups excluding carboxylic acids is 1. The molecule has 116 valence electrons. The molecule has 0 radical (unpaired) electrons. The molecule has 0 amide bonds. The molecule has 0 spiro atoms. The Morgan fingerprint density at radius 1 is 1.00 bits per heavy atom. The van der Waals surface area contributed by atoms with Crippen LogP contribution in [-0.2, 0) is 4.74 Å². The maximum atomic E-state index is 12.3. The molecule has 0 saturated carbocycles. The number of benzene rings is 2. The van der Waals surface area contributed by atoms with Crippen molar-refractivity contribution in [2.24, 2.45) is 0 Å². The fourth-order valence-electron chi connectivity index (χ4n) is 2.01. The zero-order valence-electron chi connectivity index (χ0n) is 13.3. The molecular formula is C18H21NO3. The summed E-state index contributed by atoms with van der Waals surface area (Å²) < 4.78 is 10.7. The molecule has 2 N–H and O–H groups in total. The maximum Gasteiger partial charge on any atom is 0.338 e. The Balaban J connectivity index is 2.42. The lowest BCUT2D eigenvalue weighted by atomic mass is 10.0. The Morgan fingerprint density at radius 3 is 2.18 bits per heavy atom. The van der Waals surface area contributed by atoms with Crippen LogP contribution >= 0.6 is 0 Å². The summed E-state index contributed by atoms with van der Waals surface area (Å²) in [5.74, 6) is 0.235. The van der Waals surface area contributed by atoms with Crippen molar-refractivity contribution in [2.45, 2.75) is 26.4 Å². The summed E-state index contributed by atoms with van der Waals surface area (Å²) in [6.45, 7) is 5.52. The second kappa shape index (κ2) is 6.10. The highest BCUT2D eigenvalue weighted by molar-refractivity contribution is 5.92. The number of ether oxygens (including phenoxy) is 2. The van der Waals surface area contributed by atoms with Crippen molar-refractivity contribution in [3.05, 3.63) is 48.0 Å². The van der Waals surface area contributed by atoms with Crippen LogP contribution < -0.4 is 10.5 Å². The highest BCUT2D eigenvalue weighted by Crippen LogP contribution is 2.27. The van der Waals surface area contributed by atoms with Gasteiger partial charge in [-0.1, -0.05) is 12.1 Å². The quantitative estimate of drug-likeness (QED) is 0.689. The van der Waals surface area contributed by atoms with Gasteiger partial charge < -0.3 is 15.2 Å². The minimum absolute atomic E-state index is 0.372. The molecule has 0 aromatic heterocycles. The summed E-state index contributed by atoms with van der Waals surface area (Å²) in [5, 5.41) is 0. The highest BCUT2D eigenvalue weighted by atomic mass is 16.6. The molecule has 4 nitrogen and oxygen atoms in total. The Kier molecular flexibility index (Phi) is 4.40. The molecule has 2 aromatic rings. The van der Waals surface area contributed by atoms with Gasteiger partial charge >= 0.3 is 5.97 Å². The van der Waals surface area contributed by atoms with Crippen LogP contribution in [0.5, 0.6) is 5.75 Å². The zero-order chi connectivity index (χ0) is 16.3. The van der Waals surface area contributed by atoms with Gasteiger partial charge in [0.1, 0.15) is 11.4 Å². The minimum Gasteiger partial charge on any atom is -0.497 e. The monoisotopic (exact) mass is 299 g/mol. The summed E-state index contributed by atoms with van der Waals surface area (Å²) in [6.07, 6.45) is 0. The van der Waals surface area contributed by atoms with Crippen molar-refractivity contribution in [2.75, 3.05) is 12.8 Å². The van der Waals surface area contributed by atoms with E-state index >= 15 is 0 Å². The summed E-state index contributed by atoms with van der Waals surface area (Å²) in [4.78, 5) is 12.3. The van der Waals surface area contributed by atoms with Gasteiger partial charge in [0.05, 0.1) is 12.7 Å². The van der Waals surface area contributed by atoms with Gasteiger partial charge in [0, 0.05) is 5.69 Å². The van der Waals surface area contributed by atoms with E-state index in [2.05, 4.69) is 0 Å². The van der Waals surface area contributed by atoms with E-state index in [0.717, 1.165) is 11.1 Å². The Morgan fingerprint density at radius 2 is 1.64 bits per heavy atom. The SMILES string of the molecule is COc1cc(C(=O)OC(C)(C)C)cc(-c2ccc(N)cc2)c1. The number of methoxy groups -OCH3 is 1. The van der Waals surface area contributed by atoms with Gasteiger partial charge in [-0.05, 0) is 62.2 Å². The number of carbonyl (C=O) groups is 1. The van der Waals surface area contributed by atoms with Crippen molar-refractivity contribution in [1.29, 1.82) is 0 Å². The van der Waals surface area contributed by atoms with Gasteiger partial charge in [-0.25, -0.2) is 4.79 Å². The van der Waals surface area contributed by atoms with Crippen LogP contribution in [0.2, 0.25) is 0 Å². The van der Waals surface area contributed by atoms with Crippen LogP contribution in [0.25, 0.3) is 11.1 Å². The molecule has 2 aromatic carbocycles. The number of rotatable bonds is 3. The first kappa shape index (κ1) is 15.9. The molecule has 4 heteroatoms. The average Bonchev–Trinajstić information content (AvgIpc) is 2.45. The third kappa shape index (κ3) is 4.01. The topological polar surface area (TPSA) is 61.5 Å². The van der Waals surface area contributed by atoms with E-state index in [1.807, 2.05) is 51.1 Å². The third-order valence-corrected chi connectivity index (χ3v) is 3.02. The van der Waals surface area contributed by atoms with E-state index < -0.39 is 5.60 Å². The van der Waals surface area contributed by atoms with Gasteiger partial charge in [-0.2, -0.15) is 0 Å². The van der Waals surface area contributed by atoms with Crippen LogP contribution in [0, 0.1) is 0 Å². The number of esters is 1. The molecule has 0 atom stereocenters. The van der Waals surface area contributed by atoms with E-state index in [1.165, 1.54) is 0 Å². The molecular weight excluding hydrogens is 278 g/mol. The van der Waals surface area contributed by atoms with Gasteiger partial charge in [-0.15, -0.1) is 0 Å². The summed E-state index contributed by atoms with van der Waals surface area (Å²) in [5.41, 5.74) is 8.15. The molecule has 0 aliphatic carbocycles. The summed E-state index contributed by atoms with van der Waals surface area (Å²) in [7, 11) is 1.57. The predicted molar refractivity (Wildman–Crippen MR) is 88.0 cm³/mol. The predicted octanol–water partition coefficient (Wildman–Crippen LogP) is 3.90. The van der Waals surface area contributed by atoms with Crippen LogP contribution in [0.4, 0.5) is 5.69 Å². The first-order valence-corrected chi connectivity index (χ1v) is 7.07. The number of nitrogen functional groups attached to an aromatic ring is 1. The van der Waals surface area contributed by atoms with Crippen LogP contribution in [0.3, 0.4) is 0 Å². The van der Waals surface area contributed by atoms with Crippen molar-refractivity contribution in [3.63, 3.8) is 0 Å². The molecule has 0 bridgehead atoms. The Labute approximate surface area is 130 Å². The van der Waals surface area contributed by atoms with Gasteiger partial charge in [0.15, 0.2) is 0 Å². The summed E-state index contributed by atoms with van der Waals surface area (Å²) >= 11 is 0. The lowest BCUT2D eigenvalue weighted by molar-refractivity contribution is 0.00692. The molecule has 0 fully saturated rings. The number of hydrogen-bond acceptors (Lipinski definition) is 4. The molecule has 0 saturated heterocycles. The summed E-state index contributed by atoms with van der Waals surface area (Å²) in [6, 6.07) is 12.8. The Bertz CT molecular complexity index is 670. The van der Waals surface area contributed by atoms with Crippen LogP contribution in [0.15, 0.2) is 42.5 Å². The maximum absolute atomic E-state index is 12.3. The smallest absolute Gasteiger partial charge is 0.338 e. The van der Waals surface area contributed by atoms with Crippen molar-refractivity contribution in [3.8, 4) is 16.9 Å². The normalized spacial score (nSPS) is 11.1. The first-order chi connectivity index (χ1) is 10.3. The van der Waals surface area contributed by atoms with Gasteiger partial charge in [0.2, 0.25) is 0 Å². The zero-order valence-corrected chi connectivity index (χ0v) is 13.3. The van der Waals surface area contributed by atoms with E-state index in [4.69, 9.17) is 15.2 Å². The van der Waals surface area contributed by atoms with Crippen molar-refractivity contribution >= 4 is 11.7 Å². The number of anilines is 1. The molecule has 22 heavy (non-hydrogen) atoms. The van der Waals surface area contributed by atoms with E-state index in [9.17, 15) is 4.79 Å². The van der Waals surface area contributed by atoms with Crippen molar-refractivity contribution in [1.82, 2.24) is 0 Å². The molecule has 2 rings (SSSR count). The Hall–Kier alpha value is -2.49. The van der Waals surface area contributed by atoms with Crippen LogP contribution in [-0.4, -0.2) is 18.7 Å². The van der Waals surface area contributed by atoms with Gasteiger partial charge in [-0.3, -0.25) is 0 Å². The van der Waals surface area contributed by atoms with E-state index in [-0.39, 0.29) is 5.97 Å². The largest absolute Gasteiger partial charge is 0.497 e. The third-order valence-electron chi connectivity index (χ3n) is 3.02. The lowest BCUT2D eigenvalue weighted by Crippen LogP contribution is -2.23. The standard InChI is InChI=1S/C18H21NO3/c1-18(2,3)22-17(20)14-9-13(10-16(11-14)21-4)12-5-7-15(19)8-6-12/h5-11H,19H2,1-4H3. The molecule has 0 aliphatic rings. The van der Waals surface area contributed by atoms with E-state index in [1.54, 1.807) is 19.2 Å². The lowest BCUT2D eigenvalue weighted by Gasteiger charge is -2.20. The fraction of sp³-hybridized carbons (Fsp3) is 0.278. The fourth-order valence-corrected chi connectivity index (χ4v) is 2.01. The van der Waals surface area contributed by atoms with Gasteiger partial charge in [0.25, 0.3) is 0 Å². The first-order valence-electron chi connectivity index (χ1n) is 7.07. The molecule has 0 aliphatic heterocycles. The second-order valence-electron chi connectivity index (χ2n) is 6.07. The molecule has 0 heterocycles. The average molecular weight is 299 g/mol. The molecule has 0 unspecified atom stereocenters. The van der Waals surface area contributed by atoms with Crippen molar-refractivity contribution < 1.29 is 14.3 Å². The highest BCUT2D eigenvalue weighted by Gasteiger charge is 2.19. The van der Waals surface area contributed by atoms with Crippen LogP contribution in [0.1, 0.15) is 31.1 Å². The minimum atomic E-state index is -0.540. The number of nitrogens with two attached hydrogens (primary N) is 1. The number of hydrogen-bond donors (Lipinski definition) is 1. The van der Waals surface area contributed by atoms with E-state index in [0.29, 0.717) is 17.0 Å². The second-order valence-corrected chi connectivity index (χ2v) is 6.07.